The van der Waals surface area contributed by atoms with Crippen molar-refractivity contribution in [1.82, 2.24) is 0 Å². The molecule has 1 aromatic carbocycles. The zero-order chi connectivity index (χ0) is 10.8. The Balaban J connectivity index is 2.29. The summed E-state index contributed by atoms with van der Waals surface area (Å²) in [5, 5.41) is 9.45. The lowest BCUT2D eigenvalue weighted by molar-refractivity contribution is 0.412. The average molecular weight is 208 g/mol. The fraction of sp³-hybridized carbons (Fsp3) is 0.455. The molecule has 1 unspecified atom stereocenters. The standard InChI is InChI=1S/C11H16N2O2/c1-15-11-3-2-9(14)6-10(11)13-5-4-8(12)7-13/h2-3,6,8,14H,4-5,7,12H2,1H3. The molecule has 0 aromatic heterocycles. The molecule has 1 atom stereocenters. The van der Waals surface area contributed by atoms with E-state index in [-0.39, 0.29) is 11.8 Å². The van der Waals surface area contributed by atoms with Crippen LogP contribution in [0.15, 0.2) is 18.2 Å². The molecule has 1 heterocycles. The summed E-state index contributed by atoms with van der Waals surface area (Å²) in [6.07, 6.45) is 0.985. The highest BCUT2D eigenvalue weighted by atomic mass is 16.5. The Hall–Kier alpha value is -1.42. The Kier molecular flexibility index (Phi) is 2.68. The van der Waals surface area contributed by atoms with Crippen molar-refractivity contribution in [3.05, 3.63) is 18.2 Å². The van der Waals surface area contributed by atoms with Crippen LogP contribution in [0.4, 0.5) is 5.69 Å². The van der Waals surface area contributed by atoms with E-state index < -0.39 is 0 Å². The molecular formula is C11H16N2O2. The van der Waals surface area contributed by atoms with Crippen molar-refractivity contribution in [3.8, 4) is 11.5 Å². The molecule has 1 fully saturated rings. The predicted molar refractivity (Wildman–Crippen MR) is 59.5 cm³/mol. The van der Waals surface area contributed by atoms with Crippen LogP contribution in [0.1, 0.15) is 6.42 Å². The van der Waals surface area contributed by atoms with Crippen LogP contribution < -0.4 is 15.4 Å². The zero-order valence-electron chi connectivity index (χ0n) is 8.81. The molecule has 4 nitrogen and oxygen atoms in total. The number of aromatic hydroxyl groups is 1. The van der Waals surface area contributed by atoms with Gasteiger partial charge in [0.05, 0.1) is 12.8 Å². The Labute approximate surface area is 89.3 Å². The van der Waals surface area contributed by atoms with Gasteiger partial charge in [-0.1, -0.05) is 0 Å². The molecule has 0 spiro atoms. The summed E-state index contributed by atoms with van der Waals surface area (Å²) < 4.78 is 5.25. The van der Waals surface area contributed by atoms with Gasteiger partial charge in [-0.15, -0.1) is 0 Å². The zero-order valence-corrected chi connectivity index (χ0v) is 8.81. The fourth-order valence-corrected chi connectivity index (χ4v) is 1.93. The number of phenolic OH excluding ortho intramolecular Hbond substituents is 1. The Morgan fingerprint density at radius 1 is 1.53 bits per heavy atom. The molecule has 2 rings (SSSR count). The van der Waals surface area contributed by atoms with E-state index in [1.54, 1.807) is 25.3 Å². The topological polar surface area (TPSA) is 58.7 Å². The molecule has 82 valence electrons. The molecule has 0 aliphatic carbocycles. The molecule has 0 radical (unpaired) electrons. The first-order valence-corrected chi connectivity index (χ1v) is 5.08. The van der Waals surface area contributed by atoms with Crippen molar-refractivity contribution >= 4 is 5.69 Å². The highest BCUT2D eigenvalue weighted by Gasteiger charge is 2.22. The van der Waals surface area contributed by atoms with Crippen LogP contribution in [0.25, 0.3) is 0 Å². The third-order valence-corrected chi connectivity index (χ3v) is 2.73. The summed E-state index contributed by atoms with van der Waals surface area (Å²) in [7, 11) is 1.63. The van der Waals surface area contributed by atoms with Gasteiger partial charge < -0.3 is 20.5 Å². The van der Waals surface area contributed by atoms with Gasteiger partial charge in [0, 0.05) is 25.2 Å². The van der Waals surface area contributed by atoms with Crippen LogP contribution in [0.2, 0.25) is 0 Å². The largest absolute Gasteiger partial charge is 0.508 e. The lowest BCUT2D eigenvalue weighted by atomic mass is 10.2. The Morgan fingerprint density at radius 3 is 2.93 bits per heavy atom. The van der Waals surface area contributed by atoms with Crippen molar-refractivity contribution < 1.29 is 9.84 Å². The Morgan fingerprint density at radius 2 is 2.33 bits per heavy atom. The van der Waals surface area contributed by atoms with E-state index in [1.807, 2.05) is 0 Å². The van der Waals surface area contributed by atoms with Gasteiger partial charge in [-0.05, 0) is 18.6 Å². The smallest absolute Gasteiger partial charge is 0.142 e. The minimum atomic E-state index is 0.219. The molecule has 0 saturated carbocycles. The van der Waals surface area contributed by atoms with E-state index >= 15 is 0 Å². The Bertz CT molecular complexity index is 354. The lowest BCUT2D eigenvalue weighted by Gasteiger charge is -2.20. The number of hydrogen-bond donors (Lipinski definition) is 2. The number of ether oxygens (including phenoxy) is 1. The number of hydrogen-bond acceptors (Lipinski definition) is 4. The van der Waals surface area contributed by atoms with E-state index in [2.05, 4.69) is 4.90 Å². The summed E-state index contributed by atoms with van der Waals surface area (Å²) in [5.41, 5.74) is 6.77. The SMILES string of the molecule is COc1ccc(O)cc1N1CCC(N)C1. The van der Waals surface area contributed by atoms with Gasteiger partial charge in [0.25, 0.3) is 0 Å². The third kappa shape index (κ3) is 1.99. The van der Waals surface area contributed by atoms with Gasteiger partial charge in [0.15, 0.2) is 0 Å². The number of rotatable bonds is 2. The molecule has 1 aliphatic heterocycles. The van der Waals surface area contributed by atoms with Gasteiger partial charge >= 0.3 is 0 Å². The second-order valence-corrected chi connectivity index (χ2v) is 3.85. The van der Waals surface area contributed by atoms with Crippen LogP contribution in [0.5, 0.6) is 11.5 Å². The predicted octanol–water partition coefficient (Wildman–Crippen LogP) is 0.938. The van der Waals surface area contributed by atoms with Crippen molar-refractivity contribution in [2.75, 3.05) is 25.1 Å². The summed E-state index contributed by atoms with van der Waals surface area (Å²) in [5.74, 6) is 1.04. The third-order valence-electron chi connectivity index (χ3n) is 2.73. The van der Waals surface area contributed by atoms with E-state index in [4.69, 9.17) is 10.5 Å². The van der Waals surface area contributed by atoms with Gasteiger partial charge in [-0.3, -0.25) is 0 Å². The van der Waals surface area contributed by atoms with Crippen LogP contribution >= 0.6 is 0 Å². The minimum Gasteiger partial charge on any atom is -0.508 e. The van der Waals surface area contributed by atoms with E-state index in [0.29, 0.717) is 0 Å². The quantitative estimate of drug-likeness (QED) is 0.759. The number of benzene rings is 1. The number of phenols is 1. The second kappa shape index (κ2) is 3.98. The minimum absolute atomic E-state index is 0.219. The van der Waals surface area contributed by atoms with Crippen LogP contribution in [-0.4, -0.2) is 31.3 Å². The highest BCUT2D eigenvalue weighted by Crippen LogP contribution is 2.33. The van der Waals surface area contributed by atoms with E-state index in [1.165, 1.54) is 0 Å². The van der Waals surface area contributed by atoms with Gasteiger partial charge in [-0.2, -0.15) is 0 Å². The molecule has 0 bridgehead atoms. The van der Waals surface area contributed by atoms with Crippen LogP contribution in [0.3, 0.4) is 0 Å². The van der Waals surface area contributed by atoms with Crippen molar-refractivity contribution in [2.24, 2.45) is 5.73 Å². The van der Waals surface area contributed by atoms with Gasteiger partial charge in [-0.25, -0.2) is 0 Å². The molecule has 0 amide bonds. The maximum Gasteiger partial charge on any atom is 0.142 e. The summed E-state index contributed by atoms with van der Waals surface area (Å²) >= 11 is 0. The van der Waals surface area contributed by atoms with E-state index in [0.717, 1.165) is 30.9 Å². The summed E-state index contributed by atoms with van der Waals surface area (Å²) in [6.45, 7) is 1.74. The number of nitrogens with zero attached hydrogens (tertiary/aromatic N) is 1. The fourth-order valence-electron chi connectivity index (χ4n) is 1.93. The van der Waals surface area contributed by atoms with E-state index in [9.17, 15) is 5.11 Å². The molecular weight excluding hydrogens is 192 g/mol. The first-order valence-electron chi connectivity index (χ1n) is 5.08. The van der Waals surface area contributed by atoms with Crippen molar-refractivity contribution in [3.63, 3.8) is 0 Å². The van der Waals surface area contributed by atoms with Crippen LogP contribution in [-0.2, 0) is 0 Å². The van der Waals surface area contributed by atoms with Gasteiger partial charge in [0.1, 0.15) is 11.5 Å². The van der Waals surface area contributed by atoms with Crippen molar-refractivity contribution in [2.45, 2.75) is 12.5 Å². The second-order valence-electron chi connectivity index (χ2n) is 3.85. The first-order chi connectivity index (χ1) is 7.20. The van der Waals surface area contributed by atoms with Crippen molar-refractivity contribution in [1.29, 1.82) is 0 Å². The number of nitrogens with two attached hydrogens (primary N) is 1. The van der Waals surface area contributed by atoms with Gasteiger partial charge in [0.2, 0.25) is 0 Å². The first kappa shape index (κ1) is 10.1. The molecule has 1 saturated heterocycles. The normalized spacial score (nSPS) is 20.7. The monoisotopic (exact) mass is 208 g/mol. The van der Waals surface area contributed by atoms with Crippen LogP contribution in [0, 0.1) is 0 Å². The highest BCUT2D eigenvalue weighted by molar-refractivity contribution is 5.62. The lowest BCUT2D eigenvalue weighted by Crippen LogP contribution is -2.26. The maximum atomic E-state index is 9.45. The molecule has 1 aliphatic rings. The maximum absolute atomic E-state index is 9.45. The summed E-state index contributed by atoms with van der Waals surface area (Å²) in [4.78, 5) is 2.14. The molecule has 3 N–H and O–H groups in total. The summed E-state index contributed by atoms with van der Waals surface area (Å²) in [6, 6.07) is 5.33. The molecule has 4 heteroatoms. The average Bonchev–Trinajstić information content (AvgIpc) is 2.65. The molecule has 15 heavy (non-hydrogen) atoms. The number of methoxy groups -OCH3 is 1. The number of anilines is 1. The molecule has 1 aromatic rings.